The van der Waals surface area contributed by atoms with Crippen molar-refractivity contribution < 1.29 is 19.7 Å². The third-order valence-corrected chi connectivity index (χ3v) is 2.72. The first-order valence-corrected chi connectivity index (χ1v) is 6.36. The van der Waals surface area contributed by atoms with E-state index in [9.17, 15) is 4.79 Å². The van der Waals surface area contributed by atoms with Crippen LogP contribution in [0.1, 0.15) is 12.0 Å². The van der Waals surface area contributed by atoms with Gasteiger partial charge < -0.3 is 14.9 Å². The number of aliphatic hydroxyl groups excluding tert-OH is 1. The lowest BCUT2D eigenvalue weighted by atomic mass is 10.2. The molecule has 0 bridgehead atoms. The fourth-order valence-corrected chi connectivity index (χ4v) is 1.73. The highest BCUT2D eigenvalue weighted by atomic mass is 16.5. The third-order valence-electron chi connectivity index (χ3n) is 2.72. The van der Waals surface area contributed by atoms with Gasteiger partial charge in [0.15, 0.2) is 0 Å². The zero-order valence-corrected chi connectivity index (χ0v) is 11.2. The Balaban J connectivity index is 2.32. The first kappa shape index (κ1) is 15.5. The average Bonchev–Trinajstić information content (AvgIpc) is 2.36. The fraction of sp³-hybridized carbons (Fsp3) is 0.500. The molecule has 0 aliphatic carbocycles. The number of aryl methyl sites for hydroxylation is 1. The van der Waals surface area contributed by atoms with Crippen molar-refractivity contribution in [1.29, 1.82) is 0 Å². The number of hydrogen-bond acceptors (Lipinski definition) is 4. The van der Waals surface area contributed by atoms with Crippen molar-refractivity contribution in [3.63, 3.8) is 0 Å². The minimum atomic E-state index is -0.831. The van der Waals surface area contributed by atoms with Crippen molar-refractivity contribution in [1.82, 2.24) is 4.90 Å². The molecular formula is C14H21NO4. The molecule has 0 fully saturated rings. The van der Waals surface area contributed by atoms with E-state index >= 15 is 0 Å². The van der Waals surface area contributed by atoms with Crippen molar-refractivity contribution in [2.24, 2.45) is 0 Å². The van der Waals surface area contributed by atoms with Gasteiger partial charge >= 0.3 is 5.97 Å². The highest BCUT2D eigenvalue weighted by Crippen LogP contribution is 2.12. The highest BCUT2D eigenvalue weighted by molar-refractivity contribution is 5.66. The number of aliphatic hydroxyl groups is 1. The lowest BCUT2D eigenvalue weighted by Gasteiger charge is -2.20. The first-order valence-electron chi connectivity index (χ1n) is 6.36. The molecule has 5 heteroatoms. The summed E-state index contributed by atoms with van der Waals surface area (Å²) in [5, 5.41) is 17.6. The molecule has 0 saturated carbocycles. The molecule has 0 heterocycles. The Morgan fingerprint density at radius 3 is 2.74 bits per heavy atom. The minimum absolute atomic E-state index is 0.0179. The molecule has 0 spiro atoms. The maximum Gasteiger partial charge on any atom is 0.304 e. The number of carbonyl (C=O) groups is 1. The normalized spacial score (nSPS) is 10.7. The number of rotatable bonds is 9. The van der Waals surface area contributed by atoms with Crippen LogP contribution in [-0.2, 0) is 4.79 Å². The molecule has 0 aliphatic heterocycles. The number of aliphatic carboxylic acids is 1. The molecule has 1 aromatic rings. The second kappa shape index (κ2) is 8.50. The van der Waals surface area contributed by atoms with E-state index in [2.05, 4.69) is 0 Å². The summed E-state index contributed by atoms with van der Waals surface area (Å²) in [5.74, 6) is -0.0234. The standard InChI is InChI=1S/C14H21NO4/c1-12-3-2-4-13(11-12)19-10-8-15(7-9-16)6-5-14(17)18/h2-4,11,16H,5-10H2,1H3,(H,17,18). The van der Waals surface area contributed by atoms with E-state index in [1.807, 2.05) is 36.1 Å². The molecule has 0 saturated heterocycles. The molecule has 2 N–H and O–H groups in total. The summed E-state index contributed by atoms with van der Waals surface area (Å²) in [6, 6.07) is 7.77. The van der Waals surface area contributed by atoms with Gasteiger partial charge in [-0.2, -0.15) is 0 Å². The molecule has 0 atom stereocenters. The van der Waals surface area contributed by atoms with Crippen molar-refractivity contribution in [2.75, 3.05) is 32.8 Å². The number of nitrogens with zero attached hydrogens (tertiary/aromatic N) is 1. The zero-order valence-electron chi connectivity index (χ0n) is 11.2. The summed E-state index contributed by atoms with van der Waals surface area (Å²) in [4.78, 5) is 12.4. The number of carboxylic acid groups (broad SMARTS) is 1. The van der Waals surface area contributed by atoms with E-state index < -0.39 is 5.97 Å². The van der Waals surface area contributed by atoms with E-state index in [1.165, 1.54) is 0 Å². The van der Waals surface area contributed by atoms with Gasteiger partial charge in [-0.1, -0.05) is 12.1 Å². The van der Waals surface area contributed by atoms with E-state index in [0.29, 0.717) is 26.2 Å². The number of benzene rings is 1. The summed E-state index contributed by atoms with van der Waals surface area (Å²) >= 11 is 0. The van der Waals surface area contributed by atoms with E-state index in [4.69, 9.17) is 14.9 Å². The van der Waals surface area contributed by atoms with Crippen LogP contribution >= 0.6 is 0 Å². The summed E-state index contributed by atoms with van der Waals surface area (Å²) in [6.07, 6.45) is 0.0739. The molecule has 106 valence electrons. The number of carboxylic acids is 1. The summed E-state index contributed by atoms with van der Waals surface area (Å²) < 4.78 is 5.60. The number of ether oxygens (including phenoxy) is 1. The lowest BCUT2D eigenvalue weighted by molar-refractivity contribution is -0.137. The van der Waals surface area contributed by atoms with Gasteiger partial charge in [0.05, 0.1) is 13.0 Å². The molecule has 1 aromatic carbocycles. The van der Waals surface area contributed by atoms with Gasteiger partial charge in [0.25, 0.3) is 0 Å². The van der Waals surface area contributed by atoms with E-state index in [0.717, 1.165) is 11.3 Å². The Morgan fingerprint density at radius 2 is 2.11 bits per heavy atom. The zero-order chi connectivity index (χ0) is 14.1. The summed E-state index contributed by atoms with van der Waals surface area (Å²) in [7, 11) is 0. The molecule has 1 rings (SSSR count). The monoisotopic (exact) mass is 267 g/mol. The second-order valence-corrected chi connectivity index (χ2v) is 4.37. The Labute approximate surface area is 113 Å². The summed E-state index contributed by atoms with van der Waals surface area (Å²) in [6.45, 7) is 3.98. The Bertz CT molecular complexity index is 395. The Kier molecular flexibility index (Phi) is 6.92. The van der Waals surface area contributed by atoms with Crippen LogP contribution in [0.2, 0.25) is 0 Å². The molecule has 19 heavy (non-hydrogen) atoms. The Morgan fingerprint density at radius 1 is 1.32 bits per heavy atom. The van der Waals surface area contributed by atoms with Crippen molar-refractivity contribution in [2.45, 2.75) is 13.3 Å². The molecule has 0 radical (unpaired) electrons. The van der Waals surface area contributed by atoms with Gasteiger partial charge in [-0.3, -0.25) is 9.69 Å². The maximum absolute atomic E-state index is 10.5. The van der Waals surface area contributed by atoms with Gasteiger partial charge in [0.2, 0.25) is 0 Å². The predicted molar refractivity (Wildman–Crippen MR) is 72.5 cm³/mol. The van der Waals surface area contributed by atoms with Crippen molar-refractivity contribution >= 4 is 5.97 Å². The molecule has 5 nitrogen and oxygen atoms in total. The van der Waals surface area contributed by atoms with Crippen LogP contribution in [0.15, 0.2) is 24.3 Å². The lowest BCUT2D eigenvalue weighted by Crippen LogP contribution is -2.33. The smallest absolute Gasteiger partial charge is 0.304 e. The van der Waals surface area contributed by atoms with Crippen LogP contribution < -0.4 is 4.74 Å². The minimum Gasteiger partial charge on any atom is -0.492 e. The highest BCUT2D eigenvalue weighted by Gasteiger charge is 2.07. The molecular weight excluding hydrogens is 246 g/mol. The van der Waals surface area contributed by atoms with Crippen LogP contribution in [0.4, 0.5) is 0 Å². The van der Waals surface area contributed by atoms with Gasteiger partial charge in [-0.05, 0) is 24.6 Å². The predicted octanol–water partition coefficient (Wildman–Crippen LogP) is 1.14. The number of hydrogen-bond donors (Lipinski definition) is 2. The van der Waals surface area contributed by atoms with Gasteiger partial charge in [0.1, 0.15) is 12.4 Å². The van der Waals surface area contributed by atoms with Crippen molar-refractivity contribution in [3.05, 3.63) is 29.8 Å². The van der Waals surface area contributed by atoms with Crippen LogP contribution in [-0.4, -0.2) is 53.9 Å². The molecule has 0 aliphatic rings. The van der Waals surface area contributed by atoms with Gasteiger partial charge in [-0.15, -0.1) is 0 Å². The third kappa shape index (κ3) is 6.79. The fourth-order valence-electron chi connectivity index (χ4n) is 1.73. The van der Waals surface area contributed by atoms with Crippen LogP contribution in [0, 0.1) is 6.92 Å². The van der Waals surface area contributed by atoms with Gasteiger partial charge in [-0.25, -0.2) is 0 Å². The molecule has 0 unspecified atom stereocenters. The average molecular weight is 267 g/mol. The maximum atomic E-state index is 10.5. The quantitative estimate of drug-likeness (QED) is 0.702. The van der Waals surface area contributed by atoms with Crippen LogP contribution in [0.25, 0.3) is 0 Å². The van der Waals surface area contributed by atoms with Crippen molar-refractivity contribution in [3.8, 4) is 5.75 Å². The van der Waals surface area contributed by atoms with Crippen LogP contribution in [0.5, 0.6) is 5.75 Å². The first-order chi connectivity index (χ1) is 9.11. The topological polar surface area (TPSA) is 70.0 Å². The van der Waals surface area contributed by atoms with Gasteiger partial charge in [0, 0.05) is 19.6 Å². The van der Waals surface area contributed by atoms with Crippen LogP contribution in [0.3, 0.4) is 0 Å². The Hall–Kier alpha value is -1.59. The van der Waals surface area contributed by atoms with E-state index in [-0.39, 0.29) is 13.0 Å². The van der Waals surface area contributed by atoms with E-state index in [1.54, 1.807) is 0 Å². The molecule has 0 amide bonds. The SMILES string of the molecule is Cc1cccc(OCCN(CCO)CCC(=O)O)c1. The summed E-state index contributed by atoms with van der Waals surface area (Å²) in [5.41, 5.74) is 1.13. The molecule has 0 aromatic heterocycles. The second-order valence-electron chi connectivity index (χ2n) is 4.37. The largest absolute Gasteiger partial charge is 0.492 e.